The molecule has 2 aromatic rings. The average molecular weight is 290 g/mol. The van der Waals surface area contributed by atoms with Crippen molar-refractivity contribution in [3.63, 3.8) is 0 Å². The molecule has 19 heavy (non-hydrogen) atoms. The van der Waals surface area contributed by atoms with E-state index >= 15 is 0 Å². The van der Waals surface area contributed by atoms with E-state index in [1.807, 2.05) is 0 Å². The molecule has 7 heteroatoms. The Bertz CT molecular complexity index is 578. The topological polar surface area (TPSA) is 43.8 Å². The van der Waals surface area contributed by atoms with E-state index in [1.54, 1.807) is 12.1 Å². The number of nitrogens with two attached hydrogens (primary N) is 1. The molecule has 1 aromatic heterocycles. The number of para-hydroxylation sites is 1. The van der Waals surface area contributed by atoms with Crippen molar-refractivity contribution in [3.05, 3.63) is 46.7 Å². The highest BCUT2D eigenvalue weighted by Crippen LogP contribution is 2.35. The molecule has 0 atom stereocenters. The number of rotatable bonds is 3. The van der Waals surface area contributed by atoms with Crippen molar-refractivity contribution in [3.8, 4) is 5.69 Å². The first-order chi connectivity index (χ1) is 8.95. The summed E-state index contributed by atoms with van der Waals surface area (Å²) < 4.78 is 40.2. The molecule has 0 aliphatic carbocycles. The number of benzene rings is 1. The molecule has 0 bridgehead atoms. The lowest BCUT2D eigenvalue weighted by Gasteiger charge is -2.13. The van der Waals surface area contributed by atoms with Crippen molar-refractivity contribution in [2.45, 2.75) is 12.6 Å². The van der Waals surface area contributed by atoms with Gasteiger partial charge in [-0.3, -0.25) is 0 Å². The van der Waals surface area contributed by atoms with Crippen molar-refractivity contribution < 1.29 is 13.2 Å². The van der Waals surface area contributed by atoms with Crippen LogP contribution >= 0.6 is 11.6 Å². The molecule has 0 aliphatic rings. The van der Waals surface area contributed by atoms with Crippen LogP contribution in [0, 0.1) is 0 Å². The molecule has 3 nitrogen and oxygen atoms in total. The molecule has 0 aliphatic heterocycles. The summed E-state index contributed by atoms with van der Waals surface area (Å²) in [6.07, 6.45) is -3.22. The van der Waals surface area contributed by atoms with Crippen LogP contribution < -0.4 is 5.73 Å². The monoisotopic (exact) mass is 289 g/mol. The van der Waals surface area contributed by atoms with Gasteiger partial charge < -0.3 is 5.73 Å². The van der Waals surface area contributed by atoms with E-state index in [0.717, 1.165) is 4.68 Å². The molecular weight excluding hydrogens is 279 g/mol. The summed E-state index contributed by atoms with van der Waals surface area (Å²) in [6, 6.07) is 6.24. The summed E-state index contributed by atoms with van der Waals surface area (Å²) in [7, 11) is 0. The summed E-state index contributed by atoms with van der Waals surface area (Å²) in [5.41, 5.74) is 4.75. The largest absolute Gasteiger partial charge is 0.433 e. The smallest absolute Gasteiger partial charge is 0.330 e. The fourth-order valence-corrected chi connectivity index (χ4v) is 2.04. The molecule has 0 saturated heterocycles. The number of halogens is 4. The van der Waals surface area contributed by atoms with Gasteiger partial charge in [0.05, 0.1) is 16.9 Å². The minimum Gasteiger partial charge on any atom is -0.330 e. The third-order valence-electron chi connectivity index (χ3n) is 2.61. The number of hydrogen-bond acceptors (Lipinski definition) is 2. The Morgan fingerprint density at radius 3 is 2.53 bits per heavy atom. The van der Waals surface area contributed by atoms with Crippen LogP contribution in [-0.4, -0.2) is 16.3 Å². The highest BCUT2D eigenvalue weighted by Gasteiger charge is 2.38. The van der Waals surface area contributed by atoms with Crippen LogP contribution in [0.15, 0.2) is 30.5 Å². The molecule has 102 valence electrons. The van der Waals surface area contributed by atoms with Crippen LogP contribution in [0.2, 0.25) is 5.02 Å². The Balaban J connectivity index is 2.62. The standard InChI is InChI=1S/C12H11ClF3N3/c13-9-3-1-2-4-10(9)19-11(12(14,15)16)8(5-6-17)7-18-19/h1-4,7H,5-6,17H2. The van der Waals surface area contributed by atoms with Gasteiger partial charge in [0.25, 0.3) is 0 Å². The zero-order chi connectivity index (χ0) is 14.0. The minimum absolute atomic E-state index is 0.0647. The van der Waals surface area contributed by atoms with Gasteiger partial charge in [0.2, 0.25) is 0 Å². The SMILES string of the molecule is NCCc1cnn(-c2ccccc2Cl)c1C(F)(F)F. The summed E-state index contributed by atoms with van der Waals surface area (Å²) in [5, 5.41) is 3.99. The average Bonchev–Trinajstić information content (AvgIpc) is 2.73. The van der Waals surface area contributed by atoms with Gasteiger partial charge in [0.1, 0.15) is 0 Å². The van der Waals surface area contributed by atoms with E-state index < -0.39 is 11.9 Å². The first-order valence-electron chi connectivity index (χ1n) is 5.54. The first-order valence-corrected chi connectivity index (χ1v) is 5.92. The molecule has 0 spiro atoms. The van der Waals surface area contributed by atoms with Crippen LogP contribution in [-0.2, 0) is 12.6 Å². The fraction of sp³-hybridized carbons (Fsp3) is 0.250. The third-order valence-corrected chi connectivity index (χ3v) is 2.93. The van der Waals surface area contributed by atoms with Crippen LogP contribution in [0.25, 0.3) is 5.69 Å². The second kappa shape index (κ2) is 5.22. The van der Waals surface area contributed by atoms with Gasteiger partial charge in [-0.15, -0.1) is 0 Å². The summed E-state index contributed by atoms with van der Waals surface area (Å²) >= 11 is 5.91. The Morgan fingerprint density at radius 2 is 1.95 bits per heavy atom. The van der Waals surface area contributed by atoms with Gasteiger partial charge >= 0.3 is 6.18 Å². The van der Waals surface area contributed by atoms with E-state index in [0.29, 0.717) is 0 Å². The molecule has 1 heterocycles. The molecule has 0 unspecified atom stereocenters. The van der Waals surface area contributed by atoms with E-state index in [1.165, 1.54) is 18.3 Å². The second-order valence-electron chi connectivity index (χ2n) is 3.92. The predicted molar refractivity (Wildman–Crippen MR) is 66.3 cm³/mol. The van der Waals surface area contributed by atoms with Crippen LogP contribution in [0.1, 0.15) is 11.3 Å². The Labute approximate surface area is 112 Å². The number of aromatic nitrogens is 2. The molecule has 0 radical (unpaired) electrons. The van der Waals surface area contributed by atoms with E-state index in [9.17, 15) is 13.2 Å². The van der Waals surface area contributed by atoms with Gasteiger partial charge in [-0.05, 0) is 25.1 Å². The molecule has 2 rings (SSSR count). The summed E-state index contributed by atoms with van der Waals surface area (Å²) in [5.74, 6) is 0. The van der Waals surface area contributed by atoms with Crippen molar-refractivity contribution in [1.29, 1.82) is 0 Å². The van der Waals surface area contributed by atoms with Gasteiger partial charge in [-0.1, -0.05) is 23.7 Å². The minimum atomic E-state index is -4.51. The van der Waals surface area contributed by atoms with Crippen LogP contribution in [0.3, 0.4) is 0 Å². The summed E-state index contributed by atoms with van der Waals surface area (Å²) in [4.78, 5) is 0. The van der Waals surface area contributed by atoms with E-state index in [4.69, 9.17) is 17.3 Å². The zero-order valence-electron chi connectivity index (χ0n) is 9.78. The maximum Gasteiger partial charge on any atom is 0.433 e. The van der Waals surface area contributed by atoms with Crippen molar-refractivity contribution >= 4 is 11.6 Å². The van der Waals surface area contributed by atoms with Gasteiger partial charge in [0.15, 0.2) is 5.69 Å². The zero-order valence-corrected chi connectivity index (χ0v) is 10.5. The molecule has 2 N–H and O–H groups in total. The lowest BCUT2D eigenvalue weighted by molar-refractivity contribution is -0.143. The lowest BCUT2D eigenvalue weighted by atomic mass is 10.1. The maximum atomic E-state index is 13.1. The number of alkyl halides is 3. The van der Waals surface area contributed by atoms with Gasteiger partial charge in [-0.25, -0.2) is 4.68 Å². The molecule has 0 amide bonds. The Hall–Kier alpha value is -1.53. The number of nitrogens with zero attached hydrogens (tertiary/aromatic N) is 2. The number of hydrogen-bond donors (Lipinski definition) is 1. The third kappa shape index (κ3) is 2.74. The molecule has 0 saturated carbocycles. The van der Waals surface area contributed by atoms with Gasteiger partial charge in [-0.2, -0.15) is 18.3 Å². The van der Waals surface area contributed by atoms with Crippen molar-refractivity contribution in [1.82, 2.24) is 9.78 Å². The van der Waals surface area contributed by atoms with Crippen molar-refractivity contribution in [2.24, 2.45) is 5.73 Å². The molecule has 0 fully saturated rings. The van der Waals surface area contributed by atoms with Crippen molar-refractivity contribution in [2.75, 3.05) is 6.54 Å². The molecule has 1 aromatic carbocycles. The molecular formula is C12H11ClF3N3. The lowest BCUT2D eigenvalue weighted by Crippen LogP contribution is -2.17. The quantitative estimate of drug-likeness (QED) is 0.944. The van der Waals surface area contributed by atoms with E-state index in [-0.39, 0.29) is 29.2 Å². The fourth-order valence-electron chi connectivity index (χ4n) is 1.83. The Morgan fingerprint density at radius 1 is 1.26 bits per heavy atom. The van der Waals surface area contributed by atoms with Crippen LogP contribution in [0.4, 0.5) is 13.2 Å². The van der Waals surface area contributed by atoms with E-state index in [2.05, 4.69) is 5.10 Å². The Kier molecular flexibility index (Phi) is 3.82. The first kappa shape index (κ1) is 13.9. The summed E-state index contributed by atoms with van der Waals surface area (Å²) in [6.45, 7) is 0.122. The van der Waals surface area contributed by atoms with Gasteiger partial charge in [0, 0.05) is 5.56 Å². The predicted octanol–water partition coefficient (Wildman–Crippen LogP) is 3.05. The van der Waals surface area contributed by atoms with Crippen LogP contribution in [0.5, 0.6) is 0 Å². The highest BCUT2D eigenvalue weighted by atomic mass is 35.5. The normalized spacial score (nSPS) is 11.8. The second-order valence-corrected chi connectivity index (χ2v) is 4.33. The highest BCUT2D eigenvalue weighted by molar-refractivity contribution is 6.32. The maximum absolute atomic E-state index is 13.1.